The van der Waals surface area contributed by atoms with Gasteiger partial charge in [-0.05, 0) is 25.7 Å². The van der Waals surface area contributed by atoms with Gasteiger partial charge in [0.2, 0.25) is 5.91 Å². The summed E-state index contributed by atoms with van der Waals surface area (Å²) in [5.74, 6) is 0.210. The van der Waals surface area contributed by atoms with Crippen LogP contribution in [-0.4, -0.2) is 80.3 Å². The summed E-state index contributed by atoms with van der Waals surface area (Å²) in [5, 5.41) is 0. The molecule has 3 aliphatic rings. The second-order valence-corrected chi connectivity index (χ2v) is 6.72. The van der Waals surface area contributed by atoms with E-state index < -0.39 is 5.41 Å². The number of nitrogens with zero attached hydrogens (tertiary/aromatic N) is 2. The highest BCUT2D eigenvalue weighted by Gasteiger charge is 2.42. The number of carbonyl (C=O) groups is 2. The Morgan fingerprint density at radius 1 is 1.04 bits per heavy atom. The molecule has 3 rings (SSSR count). The van der Waals surface area contributed by atoms with Crippen molar-refractivity contribution in [2.45, 2.75) is 31.8 Å². The van der Waals surface area contributed by atoms with Gasteiger partial charge in [0.15, 0.2) is 0 Å². The molecule has 7 nitrogen and oxygen atoms in total. The van der Waals surface area contributed by atoms with Gasteiger partial charge in [-0.3, -0.25) is 9.59 Å². The van der Waals surface area contributed by atoms with E-state index in [-0.39, 0.29) is 17.9 Å². The largest absolute Gasteiger partial charge is 0.381 e. The van der Waals surface area contributed by atoms with Crippen molar-refractivity contribution in [1.82, 2.24) is 9.80 Å². The predicted molar refractivity (Wildman–Crippen MR) is 83.7 cm³/mol. The summed E-state index contributed by atoms with van der Waals surface area (Å²) in [7, 11) is 0. The second-order valence-electron chi connectivity index (χ2n) is 6.72. The van der Waals surface area contributed by atoms with Crippen LogP contribution in [0.1, 0.15) is 25.7 Å². The van der Waals surface area contributed by atoms with Crippen LogP contribution >= 0.6 is 0 Å². The van der Waals surface area contributed by atoms with Crippen LogP contribution in [0.25, 0.3) is 0 Å². The van der Waals surface area contributed by atoms with Gasteiger partial charge in [-0.2, -0.15) is 0 Å². The summed E-state index contributed by atoms with van der Waals surface area (Å²) in [5.41, 5.74) is 5.45. The Morgan fingerprint density at radius 3 is 2.26 bits per heavy atom. The van der Waals surface area contributed by atoms with Crippen molar-refractivity contribution in [2.75, 3.05) is 52.5 Å². The summed E-state index contributed by atoms with van der Waals surface area (Å²) in [4.78, 5) is 29.0. The van der Waals surface area contributed by atoms with Crippen molar-refractivity contribution in [3.63, 3.8) is 0 Å². The Hall–Kier alpha value is -1.18. The van der Waals surface area contributed by atoms with Crippen molar-refractivity contribution in [1.29, 1.82) is 0 Å². The molecule has 3 heterocycles. The minimum Gasteiger partial charge on any atom is -0.381 e. The molecule has 1 atom stereocenters. The highest BCUT2D eigenvalue weighted by Crippen LogP contribution is 2.32. The smallest absolute Gasteiger partial charge is 0.251 e. The molecule has 0 bridgehead atoms. The normalized spacial score (nSPS) is 28.0. The third-order valence-electron chi connectivity index (χ3n) is 5.38. The Kier molecular flexibility index (Phi) is 5.18. The van der Waals surface area contributed by atoms with Gasteiger partial charge in [-0.1, -0.05) is 0 Å². The maximum atomic E-state index is 12.9. The lowest BCUT2D eigenvalue weighted by atomic mass is 9.78. The number of nitrogens with two attached hydrogens (primary N) is 1. The minimum absolute atomic E-state index is 0.0780. The number of rotatable bonds is 3. The number of hydrogen-bond donors (Lipinski definition) is 1. The van der Waals surface area contributed by atoms with Gasteiger partial charge >= 0.3 is 0 Å². The maximum Gasteiger partial charge on any atom is 0.251 e. The summed E-state index contributed by atoms with van der Waals surface area (Å²) >= 11 is 0. The van der Waals surface area contributed by atoms with Crippen LogP contribution in [-0.2, 0) is 19.1 Å². The van der Waals surface area contributed by atoms with Crippen molar-refractivity contribution >= 4 is 11.8 Å². The number of carbonyl (C=O) groups excluding carboxylic acids is 2. The number of piperazine rings is 1. The third kappa shape index (κ3) is 3.36. The molecule has 7 heteroatoms. The lowest BCUT2D eigenvalue weighted by Gasteiger charge is -2.42. The van der Waals surface area contributed by atoms with E-state index in [1.54, 1.807) is 0 Å². The van der Waals surface area contributed by atoms with E-state index in [1.807, 2.05) is 9.80 Å². The molecule has 3 aliphatic heterocycles. The third-order valence-corrected chi connectivity index (χ3v) is 5.38. The van der Waals surface area contributed by atoms with Gasteiger partial charge in [0.25, 0.3) is 5.91 Å². The summed E-state index contributed by atoms with van der Waals surface area (Å²) in [6.45, 7) is 4.57. The van der Waals surface area contributed by atoms with Crippen molar-refractivity contribution in [2.24, 2.45) is 11.1 Å². The van der Waals surface area contributed by atoms with Crippen LogP contribution < -0.4 is 5.73 Å². The topological polar surface area (TPSA) is 85.1 Å². The zero-order chi connectivity index (χ0) is 16.3. The molecule has 3 fully saturated rings. The molecule has 2 amide bonds. The summed E-state index contributed by atoms with van der Waals surface area (Å²) in [6, 6.07) is 0. The SMILES string of the molecule is NCC1(C(=O)N2CCN(C(=O)C3CCCO3)CC2)CCOCC1. The maximum absolute atomic E-state index is 12.9. The van der Waals surface area contributed by atoms with Crippen molar-refractivity contribution in [3.05, 3.63) is 0 Å². The standard InChI is InChI=1S/C16H27N3O4/c17-12-16(3-10-22-11-4-16)15(21)19-7-5-18(6-8-19)14(20)13-2-1-9-23-13/h13H,1-12,17H2. The first-order valence-corrected chi connectivity index (χ1v) is 8.64. The molecule has 0 saturated carbocycles. The molecule has 0 aromatic rings. The van der Waals surface area contributed by atoms with Crippen molar-refractivity contribution in [3.8, 4) is 0 Å². The van der Waals surface area contributed by atoms with Crippen LogP contribution in [0.3, 0.4) is 0 Å². The van der Waals surface area contributed by atoms with Crippen LogP contribution in [0, 0.1) is 5.41 Å². The fraction of sp³-hybridized carbons (Fsp3) is 0.875. The number of hydrogen-bond acceptors (Lipinski definition) is 5. The average Bonchev–Trinajstić information content (AvgIpc) is 3.16. The van der Waals surface area contributed by atoms with Gasteiger partial charge in [0.05, 0.1) is 5.41 Å². The molecule has 0 radical (unpaired) electrons. The summed E-state index contributed by atoms with van der Waals surface area (Å²) < 4.78 is 10.8. The predicted octanol–water partition coefficient (Wildman–Crippen LogP) is -0.408. The second kappa shape index (κ2) is 7.15. The minimum atomic E-state index is -0.473. The van der Waals surface area contributed by atoms with E-state index in [2.05, 4.69) is 0 Å². The molecule has 0 aliphatic carbocycles. The molecule has 2 N–H and O–H groups in total. The zero-order valence-electron chi connectivity index (χ0n) is 13.7. The van der Waals surface area contributed by atoms with Crippen LogP contribution in [0.2, 0.25) is 0 Å². The van der Waals surface area contributed by atoms with E-state index in [1.165, 1.54) is 0 Å². The van der Waals surface area contributed by atoms with E-state index in [4.69, 9.17) is 15.2 Å². The Bertz CT molecular complexity index is 437. The molecule has 0 aromatic heterocycles. The van der Waals surface area contributed by atoms with Gasteiger partial charge in [-0.15, -0.1) is 0 Å². The van der Waals surface area contributed by atoms with Crippen molar-refractivity contribution < 1.29 is 19.1 Å². The lowest BCUT2D eigenvalue weighted by molar-refractivity contribution is -0.153. The highest BCUT2D eigenvalue weighted by atomic mass is 16.5. The molecule has 130 valence electrons. The summed E-state index contributed by atoms with van der Waals surface area (Å²) in [6.07, 6.45) is 2.88. The molecule has 3 saturated heterocycles. The quantitative estimate of drug-likeness (QED) is 0.763. The van der Waals surface area contributed by atoms with Crippen LogP contribution in [0.15, 0.2) is 0 Å². The van der Waals surface area contributed by atoms with E-state index in [0.29, 0.717) is 65.4 Å². The van der Waals surface area contributed by atoms with E-state index in [0.717, 1.165) is 12.8 Å². The Morgan fingerprint density at radius 2 is 1.70 bits per heavy atom. The zero-order valence-corrected chi connectivity index (χ0v) is 13.7. The Balaban J connectivity index is 1.55. The van der Waals surface area contributed by atoms with Gasteiger partial charge in [0, 0.05) is 52.5 Å². The van der Waals surface area contributed by atoms with Crippen LogP contribution in [0.5, 0.6) is 0 Å². The monoisotopic (exact) mass is 325 g/mol. The van der Waals surface area contributed by atoms with Gasteiger partial charge < -0.3 is 25.0 Å². The number of ether oxygens (including phenoxy) is 2. The molecular formula is C16H27N3O4. The van der Waals surface area contributed by atoms with Gasteiger partial charge in [-0.25, -0.2) is 0 Å². The molecule has 0 spiro atoms. The van der Waals surface area contributed by atoms with E-state index in [9.17, 15) is 9.59 Å². The highest BCUT2D eigenvalue weighted by molar-refractivity contribution is 5.84. The average molecular weight is 325 g/mol. The molecule has 23 heavy (non-hydrogen) atoms. The molecule has 1 unspecified atom stereocenters. The first-order valence-electron chi connectivity index (χ1n) is 8.64. The van der Waals surface area contributed by atoms with E-state index >= 15 is 0 Å². The van der Waals surface area contributed by atoms with Crippen LogP contribution in [0.4, 0.5) is 0 Å². The lowest BCUT2D eigenvalue weighted by Crippen LogP contribution is -2.58. The first kappa shape index (κ1) is 16.7. The Labute approximate surface area is 137 Å². The first-order chi connectivity index (χ1) is 11.2. The fourth-order valence-electron chi connectivity index (χ4n) is 3.71. The number of amides is 2. The van der Waals surface area contributed by atoms with Gasteiger partial charge in [0.1, 0.15) is 6.10 Å². The molecule has 0 aromatic carbocycles. The fourth-order valence-corrected chi connectivity index (χ4v) is 3.71. The molecular weight excluding hydrogens is 298 g/mol.